The molecule has 2 rings (SSSR count). The van der Waals surface area contributed by atoms with Gasteiger partial charge in [-0.25, -0.2) is 4.98 Å². The van der Waals surface area contributed by atoms with E-state index in [0.717, 1.165) is 62.4 Å². The number of nitrogens with zero attached hydrogens (tertiary/aromatic N) is 2. The number of rotatable bonds is 5. The zero-order chi connectivity index (χ0) is 13.7. The first-order valence-electron chi connectivity index (χ1n) is 7.28. The molecule has 1 aliphatic rings. The van der Waals surface area contributed by atoms with Gasteiger partial charge in [-0.15, -0.1) is 0 Å². The molecule has 2 heterocycles. The zero-order valence-electron chi connectivity index (χ0n) is 11.9. The smallest absolute Gasteiger partial charge is 0.254 e. The van der Waals surface area contributed by atoms with Gasteiger partial charge in [0.1, 0.15) is 5.82 Å². The quantitative estimate of drug-likeness (QED) is 0.886. The minimum Gasteiger partial charge on any atom is -0.370 e. The van der Waals surface area contributed by atoms with Gasteiger partial charge in [0.25, 0.3) is 5.91 Å². The van der Waals surface area contributed by atoms with Crippen LogP contribution >= 0.6 is 0 Å². The molecule has 0 spiro atoms. The van der Waals surface area contributed by atoms with Gasteiger partial charge in [0.2, 0.25) is 0 Å². The maximum absolute atomic E-state index is 12.4. The molecular formula is C15H23N3O. The highest BCUT2D eigenvalue weighted by Crippen LogP contribution is 2.17. The molecule has 1 aromatic heterocycles. The van der Waals surface area contributed by atoms with Crippen LogP contribution in [0.2, 0.25) is 0 Å². The molecule has 0 aliphatic carbocycles. The predicted molar refractivity (Wildman–Crippen MR) is 77.5 cm³/mol. The Morgan fingerprint density at radius 1 is 1.32 bits per heavy atom. The van der Waals surface area contributed by atoms with E-state index in [-0.39, 0.29) is 5.91 Å². The molecule has 4 heteroatoms. The van der Waals surface area contributed by atoms with Crippen LogP contribution in [0.1, 0.15) is 49.2 Å². The molecule has 1 saturated heterocycles. The highest BCUT2D eigenvalue weighted by molar-refractivity contribution is 5.95. The Morgan fingerprint density at radius 2 is 2.05 bits per heavy atom. The highest BCUT2D eigenvalue weighted by atomic mass is 16.2. The Kier molecular flexibility index (Phi) is 4.77. The lowest BCUT2D eigenvalue weighted by Crippen LogP contribution is -2.27. The van der Waals surface area contributed by atoms with E-state index in [1.165, 1.54) is 0 Å². The number of hydrogen-bond donors (Lipinski definition) is 1. The lowest BCUT2D eigenvalue weighted by molar-refractivity contribution is 0.0792. The van der Waals surface area contributed by atoms with Crippen LogP contribution in [0.5, 0.6) is 0 Å². The molecule has 4 nitrogen and oxygen atoms in total. The second-order valence-electron chi connectivity index (χ2n) is 5.01. The van der Waals surface area contributed by atoms with E-state index in [1.807, 2.05) is 17.0 Å². The van der Waals surface area contributed by atoms with Gasteiger partial charge in [-0.05, 0) is 37.8 Å². The van der Waals surface area contributed by atoms with E-state index in [2.05, 4.69) is 24.1 Å². The van der Waals surface area contributed by atoms with E-state index in [4.69, 9.17) is 0 Å². The molecule has 104 valence electrons. The van der Waals surface area contributed by atoms with Gasteiger partial charge in [0, 0.05) is 30.9 Å². The van der Waals surface area contributed by atoms with E-state index in [1.54, 1.807) is 0 Å². The van der Waals surface area contributed by atoms with Crippen LogP contribution in [0.25, 0.3) is 0 Å². The summed E-state index contributed by atoms with van der Waals surface area (Å²) in [5, 5.41) is 3.27. The third-order valence-corrected chi connectivity index (χ3v) is 3.44. The standard InChI is InChI=1S/C15H23N3O/c1-3-7-16-14-11-12(10-13(4-2)17-14)15(19)18-8-5-6-9-18/h10-11H,3-9H2,1-2H3,(H,16,17). The predicted octanol–water partition coefficient (Wildman–Crippen LogP) is 2.70. The van der Waals surface area contributed by atoms with Crippen molar-refractivity contribution in [3.05, 3.63) is 23.4 Å². The topological polar surface area (TPSA) is 45.2 Å². The summed E-state index contributed by atoms with van der Waals surface area (Å²) in [4.78, 5) is 18.9. The summed E-state index contributed by atoms with van der Waals surface area (Å²) in [5.41, 5.74) is 1.75. The summed E-state index contributed by atoms with van der Waals surface area (Å²) in [7, 11) is 0. The molecule has 0 saturated carbocycles. The van der Waals surface area contributed by atoms with Gasteiger partial charge in [0.15, 0.2) is 0 Å². The van der Waals surface area contributed by atoms with Crippen molar-refractivity contribution in [3.63, 3.8) is 0 Å². The lowest BCUT2D eigenvalue weighted by atomic mass is 10.1. The second kappa shape index (κ2) is 6.55. The SMILES string of the molecule is CCCNc1cc(C(=O)N2CCCC2)cc(CC)n1. The number of carbonyl (C=O) groups is 1. The van der Waals surface area contributed by atoms with Gasteiger partial charge in [-0.3, -0.25) is 4.79 Å². The van der Waals surface area contributed by atoms with Crippen molar-refractivity contribution in [2.75, 3.05) is 25.0 Å². The molecule has 1 fully saturated rings. The van der Waals surface area contributed by atoms with Gasteiger partial charge < -0.3 is 10.2 Å². The number of aryl methyl sites for hydroxylation is 1. The average Bonchev–Trinajstić information content (AvgIpc) is 2.98. The van der Waals surface area contributed by atoms with E-state index in [0.29, 0.717) is 0 Å². The Bertz CT molecular complexity index is 439. The number of nitrogens with one attached hydrogen (secondary N) is 1. The number of hydrogen-bond acceptors (Lipinski definition) is 3. The molecule has 19 heavy (non-hydrogen) atoms. The van der Waals surface area contributed by atoms with Crippen molar-refractivity contribution >= 4 is 11.7 Å². The molecule has 0 unspecified atom stereocenters. The van der Waals surface area contributed by atoms with Gasteiger partial charge in [-0.1, -0.05) is 13.8 Å². The first kappa shape index (κ1) is 13.8. The number of carbonyl (C=O) groups excluding carboxylic acids is 1. The number of amides is 1. The van der Waals surface area contributed by atoms with E-state index >= 15 is 0 Å². The third-order valence-electron chi connectivity index (χ3n) is 3.44. The van der Waals surface area contributed by atoms with E-state index in [9.17, 15) is 4.79 Å². The van der Waals surface area contributed by atoms with Crippen molar-refractivity contribution < 1.29 is 4.79 Å². The fourth-order valence-electron chi connectivity index (χ4n) is 2.34. The van der Waals surface area contributed by atoms with Gasteiger partial charge in [-0.2, -0.15) is 0 Å². The molecule has 0 radical (unpaired) electrons. The number of pyridine rings is 1. The molecule has 0 bridgehead atoms. The minimum atomic E-state index is 0.147. The summed E-state index contributed by atoms with van der Waals surface area (Å²) in [6.45, 7) is 6.85. The molecule has 0 atom stereocenters. The highest BCUT2D eigenvalue weighted by Gasteiger charge is 2.20. The molecule has 1 N–H and O–H groups in total. The van der Waals surface area contributed by atoms with Crippen LogP contribution < -0.4 is 5.32 Å². The van der Waals surface area contributed by atoms with E-state index < -0.39 is 0 Å². The summed E-state index contributed by atoms with van der Waals surface area (Å²) >= 11 is 0. The van der Waals surface area contributed by atoms with Crippen LogP contribution in [-0.4, -0.2) is 35.4 Å². The first-order valence-corrected chi connectivity index (χ1v) is 7.28. The first-order chi connectivity index (χ1) is 9.24. The second-order valence-corrected chi connectivity index (χ2v) is 5.01. The van der Waals surface area contributed by atoms with Crippen LogP contribution in [0.15, 0.2) is 12.1 Å². The van der Waals surface area contributed by atoms with Crippen LogP contribution in [0.4, 0.5) is 5.82 Å². The van der Waals surface area contributed by atoms with Crippen molar-refractivity contribution in [2.45, 2.75) is 39.5 Å². The maximum atomic E-state index is 12.4. The number of aromatic nitrogens is 1. The Balaban J connectivity index is 2.20. The molecule has 1 aromatic rings. The summed E-state index contributed by atoms with van der Waals surface area (Å²) in [6, 6.07) is 3.81. The minimum absolute atomic E-state index is 0.147. The van der Waals surface area contributed by atoms with Crippen LogP contribution in [0.3, 0.4) is 0 Å². The normalized spacial score (nSPS) is 14.7. The average molecular weight is 261 g/mol. The molecule has 0 aromatic carbocycles. The fraction of sp³-hybridized carbons (Fsp3) is 0.600. The third kappa shape index (κ3) is 3.46. The summed E-state index contributed by atoms with van der Waals surface area (Å²) < 4.78 is 0. The monoisotopic (exact) mass is 261 g/mol. The summed E-state index contributed by atoms with van der Waals surface area (Å²) in [5.74, 6) is 0.970. The molecule has 1 aliphatic heterocycles. The van der Waals surface area contributed by atoms with Crippen molar-refractivity contribution in [1.29, 1.82) is 0 Å². The Hall–Kier alpha value is -1.58. The Labute approximate surface area is 115 Å². The van der Waals surface area contributed by atoms with Crippen LogP contribution in [-0.2, 0) is 6.42 Å². The fourth-order valence-corrected chi connectivity index (χ4v) is 2.34. The summed E-state index contributed by atoms with van der Waals surface area (Å²) in [6.07, 6.45) is 4.15. The van der Waals surface area contributed by atoms with Gasteiger partial charge in [0.05, 0.1) is 0 Å². The largest absolute Gasteiger partial charge is 0.370 e. The van der Waals surface area contributed by atoms with Crippen LogP contribution in [0, 0.1) is 0 Å². The Morgan fingerprint density at radius 3 is 2.68 bits per heavy atom. The maximum Gasteiger partial charge on any atom is 0.254 e. The zero-order valence-corrected chi connectivity index (χ0v) is 11.9. The molecular weight excluding hydrogens is 238 g/mol. The van der Waals surface area contributed by atoms with Crippen molar-refractivity contribution in [2.24, 2.45) is 0 Å². The van der Waals surface area contributed by atoms with Gasteiger partial charge >= 0.3 is 0 Å². The van der Waals surface area contributed by atoms with Crippen molar-refractivity contribution in [1.82, 2.24) is 9.88 Å². The number of likely N-dealkylation sites (tertiary alicyclic amines) is 1. The number of anilines is 1. The lowest BCUT2D eigenvalue weighted by Gasteiger charge is -2.16. The van der Waals surface area contributed by atoms with Crippen molar-refractivity contribution in [3.8, 4) is 0 Å². The molecule has 1 amide bonds.